The molecule has 1 amide bonds. The average Bonchev–Trinajstić information content (AvgIpc) is 3.16. The highest BCUT2D eigenvalue weighted by Crippen LogP contribution is 2.44. The molecule has 0 saturated heterocycles. The molecule has 0 aliphatic heterocycles. The van der Waals surface area contributed by atoms with Gasteiger partial charge in [0.15, 0.2) is 0 Å². The number of hydrogen-bond donors (Lipinski definition) is 1. The molecule has 0 aromatic heterocycles. The Bertz CT molecular complexity index is 1190. The van der Waals surface area contributed by atoms with Gasteiger partial charge in [-0.2, -0.15) is 8.42 Å². The van der Waals surface area contributed by atoms with Crippen molar-refractivity contribution in [2.45, 2.75) is 17.7 Å². The lowest BCUT2D eigenvalue weighted by molar-refractivity contribution is 0.0989. The van der Waals surface area contributed by atoms with Crippen molar-refractivity contribution in [1.82, 2.24) is 5.32 Å². The van der Waals surface area contributed by atoms with E-state index in [1.54, 1.807) is 12.1 Å². The summed E-state index contributed by atoms with van der Waals surface area (Å²) in [7, 11) is -3.81. The van der Waals surface area contributed by atoms with Gasteiger partial charge in [0, 0.05) is 12.5 Å². The zero-order valence-corrected chi connectivity index (χ0v) is 19.7. The summed E-state index contributed by atoms with van der Waals surface area (Å²) in [6.45, 7) is 2.53. The van der Waals surface area contributed by atoms with Gasteiger partial charge in [-0.1, -0.05) is 66.2 Å². The Hall–Kier alpha value is -3.20. The van der Waals surface area contributed by atoms with Crippen LogP contribution in [0.15, 0.2) is 77.7 Å². The Morgan fingerprint density at radius 3 is 2.12 bits per heavy atom. The lowest BCUT2D eigenvalue weighted by Gasteiger charge is -2.14. The van der Waals surface area contributed by atoms with E-state index in [4.69, 9.17) is 13.7 Å². The molecule has 0 radical (unpaired) electrons. The van der Waals surface area contributed by atoms with Crippen LogP contribution in [-0.2, 0) is 23.8 Å². The quantitative estimate of drug-likeness (QED) is 0.344. The van der Waals surface area contributed by atoms with Crippen molar-refractivity contribution in [3.63, 3.8) is 0 Å². The van der Waals surface area contributed by atoms with Gasteiger partial charge >= 0.3 is 6.09 Å². The minimum absolute atomic E-state index is 0.00188. The van der Waals surface area contributed by atoms with Crippen molar-refractivity contribution in [2.75, 3.05) is 33.0 Å². The molecule has 1 aliphatic carbocycles. The molecule has 3 aromatic carbocycles. The Morgan fingerprint density at radius 2 is 1.47 bits per heavy atom. The fraction of sp³-hybridized carbons (Fsp3) is 0.269. The van der Waals surface area contributed by atoms with Gasteiger partial charge in [-0.05, 0) is 41.3 Å². The van der Waals surface area contributed by atoms with Crippen molar-refractivity contribution >= 4 is 16.2 Å². The number of amides is 1. The fourth-order valence-corrected chi connectivity index (χ4v) is 4.85. The molecule has 0 bridgehead atoms. The predicted molar refractivity (Wildman–Crippen MR) is 128 cm³/mol. The van der Waals surface area contributed by atoms with Crippen LogP contribution in [0.5, 0.6) is 0 Å². The molecule has 0 heterocycles. The zero-order valence-electron chi connectivity index (χ0n) is 18.9. The maximum Gasteiger partial charge on any atom is 0.407 e. The Balaban J connectivity index is 1.14. The highest BCUT2D eigenvalue weighted by molar-refractivity contribution is 7.86. The van der Waals surface area contributed by atoms with E-state index in [1.165, 1.54) is 23.3 Å². The highest BCUT2D eigenvalue weighted by atomic mass is 32.2. The van der Waals surface area contributed by atoms with Gasteiger partial charge in [-0.3, -0.25) is 4.18 Å². The SMILES string of the molecule is Cc1ccc(S(=O)(=O)OCCOCCNC(=O)OCC2c3ccccc3-c3ccccc32)cc1. The number of alkyl carbamates (subject to hydrolysis) is 1. The van der Waals surface area contributed by atoms with Gasteiger partial charge in [-0.15, -0.1) is 0 Å². The van der Waals surface area contributed by atoms with Crippen molar-refractivity contribution in [2.24, 2.45) is 0 Å². The second kappa shape index (κ2) is 10.8. The van der Waals surface area contributed by atoms with Crippen LogP contribution in [0.2, 0.25) is 0 Å². The van der Waals surface area contributed by atoms with E-state index < -0.39 is 16.2 Å². The van der Waals surface area contributed by atoms with Crippen LogP contribution in [0.25, 0.3) is 11.1 Å². The topological polar surface area (TPSA) is 90.9 Å². The lowest BCUT2D eigenvalue weighted by atomic mass is 9.98. The summed E-state index contributed by atoms with van der Waals surface area (Å²) in [4.78, 5) is 12.2. The number of carbonyl (C=O) groups is 1. The molecular formula is C26H27NO6S. The molecule has 0 unspecified atom stereocenters. The molecule has 34 heavy (non-hydrogen) atoms. The van der Waals surface area contributed by atoms with E-state index in [2.05, 4.69) is 29.6 Å². The van der Waals surface area contributed by atoms with Crippen LogP contribution in [-0.4, -0.2) is 47.5 Å². The fourth-order valence-electron chi connectivity index (χ4n) is 3.95. The molecule has 0 saturated carbocycles. The van der Waals surface area contributed by atoms with Gasteiger partial charge in [-0.25, -0.2) is 4.79 Å². The first-order valence-corrected chi connectivity index (χ1v) is 12.5. The summed E-state index contributed by atoms with van der Waals surface area (Å²) < 4.78 is 40.0. The monoisotopic (exact) mass is 481 g/mol. The van der Waals surface area contributed by atoms with E-state index in [0.717, 1.165) is 16.7 Å². The third-order valence-corrected chi connectivity index (χ3v) is 6.96. The number of aryl methyl sites for hydroxylation is 1. The van der Waals surface area contributed by atoms with Crippen LogP contribution in [0.1, 0.15) is 22.6 Å². The molecule has 0 atom stereocenters. The second-order valence-electron chi connectivity index (χ2n) is 7.95. The van der Waals surface area contributed by atoms with Gasteiger partial charge in [0.05, 0.1) is 24.7 Å². The number of nitrogens with one attached hydrogen (secondary N) is 1. The number of rotatable bonds is 10. The molecule has 3 aromatic rings. The van der Waals surface area contributed by atoms with E-state index in [0.29, 0.717) is 0 Å². The Morgan fingerprint density at radius 1 is 0.853 bits per heavy atom. The molecule has 178 valence electrons. The maximum absolute atomic E-state index is 12.1. The molecule has 1 aliphatic rings. The van der Waals surface area contributed by atoms with Gasteiger partial charge in [0.2, 0.25) is 0 Å². The molecule has 7 nitrogen and oxygen atoms in total. The Kier molecular flexibility index (Phi) is 7.62. The lowest BCUT2D eigenvalue weighted by Crippen LogP contribution is -2.29. The first-order valence-electron chi connectivity index (χ1n) is 11.1. The predicted octanol–water partition coefficient (Wildman–Crippen LogP) is 4.26. The van der Waals surface area contributed by atoms with Gasteiger partial charge in [0.1, 0.15) is 6.61 Å². The third kappa shape index (κ3) is 5.64. The van der Waals surface area contributed by atoms with Crippen LogP contribution in [0.4, 0.5) is 4.79 Å². The number of fused-ring (bicyclic) bond motifs is 3. The van der Waals surface area contributed by atoms with Crippen molar-refractivity contribution in [3.05, 3.63) is 89.5 Å². The molecule has 8 heteroatoms. The summed E-state index contributed by atoms with van der Waals surface area (Å²) in [5.41, 5.74) is 5.62. The summed E-state index contributed by atoms with van der Waals surface area (Å²) in [6.07, 6.45) is -0.524. The van der Waals surface area contributed by atoms with Crippen molar-refractivity contribution in [3.8, 4) is 11.1 Å². The smallest absolute Gasteiger partial charge is 0.407 e. The Labute approximate surface area is 199 Å². The van der Waals surface area contributed by atoms with Crippen molar-refractivity contribution < 1.29 is 26.9 Å². The summed E-state index contributed by atoms with van der Waals surface area (Å²) in [5.74, 6) is 0.00188. The normalized spacial score (nSPS) is 12.7. The number of ether oxygens (including phenoxy) is 2. The van der Waals surface area contributed by atoms with E-state index in [1.807, 2.05) is 31.2 Å². The van der Waals surface area contributed by atoms with Gasteiger partial charge < -0.3 is 14.8 Å². The van der Waals surface area contributed by atoms with Crippen LogP contribution in [0, 0.1) is 6.92 Å². The van der Waals surface area contributed by atoms with E-state index in [-0.39, 0.29) is 43.8 Å². The molecule has 1 N–H and O–H groups in total. The standard InChI is InChI=1S/C26H27NO6S/c1-19-10-12-20(13-11-19)34(29,30)33-17-16-31-15-14-27-26(28)32-18-25-23-8-4-2-6-21(23)22-7-3-5-9-24(22)25/h2-13,25H,14-18H2,1H3,(H,27,28). The van der Waals surface area contributed by atoms with E-state index >= 15 is 0 Å². The zero-order chi connectivity index (χ0) is 24.0. The highest BCUT2D eigenvalue weighted by Gasteiger charge is 2.28. The minimum atomic E-state index is -3.81. The molecule has 0 spiro atoms. The van der Waals surface area contributed by atoms with Crippen LogP contribution >= 0.6 is 0 Å². The largest absolute Gasteiger partial charge is 0.449 e. The first-order chi connectivity index (χ1) is 16.5. The second-order valence-corrected chi connectivity index (χ2v) is 9.57. The summed E-state index contributed by atoms with van der Waals surface area (Å²) in [6, 6.07) is 22.7. The molecule has 4 rings (SSSR count). The average molecular weight is 482 g/mol. The minimum Gasteiger partial charge on any atom is -0.449 e. The number of hydrogen-bond acceptors (Lipinski definition) is 6. The van der Waals surface area contributed by atoms with Crippen LogP contribution in [0.3, 0.4) is 0 Å². The van der Waals surface area contributed by atoms with Crippen molar-refractivity contribution in [1.29, 1.82) is 0 Å². The van der Waals surface area contributed by atoms with Gasteiger partial charge in [0.25, 0.3) is 10.1 Å². The number of benzene rings is 3. The summed E-state index contributed by atoms with van der Waals surface area (Å²) >= 11 is 0. The first kappa shape index (κ1) is 23.9. The third-order valence-electron chi connectivity index (χ3n) is 5.64. The summed E-state index contributed by atoms with van der Waals surface area (Å²) in [5, 5.41) is 2.65. The van der Waals surface area contributed by atoms with E-state index in [9.17, 15) is 13.2 Å². The molecular weight excluding hydrogens is 454 g/mol. The maximum atomic E-state index is 12.1. The molecule has 0 fully saturated rings. The van der Waals surface area contributed by atoms with Crippen LogP contribution < -0.4 is 5.32 Å². The number of carbonyl (C=O) groups excluding carboxylic acids is 1.